The van der Waals surface area contributed by atoms with Crippen molar-refractivity contribution in [2.24, 2.45) is 0 Å². The van der Waals surface area contributed by atoms with E-state index in [-0.39, 0.29) is 19.5 Å². The highest BCUT2D eigenvalue weighted by Gasteiger charge is 2.21. The molecule has 0 heterocycles. The van der Waals surface area contributed by atoms with E-state index in [1.54, 1.807) is 13.8 Å². The second kappa shape index (κ2) is 7.88. The standard InChI is InChI=1S/C17H17F3N2O3S.2H2/c1-3-10(2)22-26(24,25)12-5-7-14(18)13(9-12)17(23)21-11-4-6-15(19)16(20)8-11;;/h4-10,22H,3H2,1-2H3,(H,21,23);2*1H/t10-;;/m1../s1. The average Bonchev–Trinajstić information content (AvgIpc) is 2.57. The highest BCUT2D eigenvalue weighted by atomic mass is 32.2. The number of sulfonamides is 1. The Hall–Kier alpha value is -2.39. The fraction of sp³-hybridized carbons (Fsp3) is 0.235. The Bertz CT molecular complexity index is 943. The maximum atomic E-state index is 14.0. The summed E-state index contributed by atoms with van der Waals surface area (Å²) in [7, 11) is -3.94. The highest BCUT2D eigenvalue weighted by molar-refractivity contribution is 7.89. The van der Waals surface area contributed by atoms with Gasteiger partial charge in [0, 0.05) is 20.6 Å². The number of carbonyl (C=O) groups is 1. The number of rotatable bonds is 6. The molecule has 2 N–H and O–H groups in total. The summed E-state index contributed by atoms with van der Waals surface area (Å²) in [6.45, 7) is 3.45. The highest BCUT2D eigenvalue weighted by Crippen LogP contribution is 2.19. The lowest BCUT2D eigenvalue weighted by Gasteiger charge is -2.13. The van der Waals surface area contributed by atoms with Crippen molar-refractivity contribution in [2.75, 3.05) is 5.32 Å². The van der Waals surface area contributed by atoms with Crippen LogP contribution in [0, 0.1) is 17.5 Å². The number of hydrogen-bond donors (Lipinski definition) is 2. The third kappa shape index (κ3) is 4.61. The van der Waals surface area contributed by atoms with Gasteiger partial charge in [0.15, 0.2) is 11.6 Å². The van der Waals surface area contributed by atoms with Crippen LogP contribution in [0.4, 0.5) is 18.9 Å². The predicted octanol–water partition coefficient (Wildman–Crippen LogP) is 3.93. The van der Waals surface area contributed by atoms with Crippen LogP contribution in [0.1, 0.15) is 33.5 Å². The molecule has 2 aromatic carbocycles. The maximum Gasteiger partial charge on any atom is 0.258 e. The van der Waals surface area contributed by atoms with E-state index >= 15 is 0 Å². The van der Waals surface area contributed by atoms with Crippen LogP contribution < -0.4 is 10.0 Å². The van der Waals surface area contributed by atoms with Crippen LogP contribution in [0.2, 0.25) is 0 Å². The second-order valence-electron chi connectivity index (χ2n) is 5.66. The van der Waals surface area contributed by atoms with Crippen molar-refractivity contribution in [3.05, 3.63) is 59.4 Å². The molecule has 144 valence electrons. The smallest absolute Gasteiger partial charge is 0.258 e. The van der Waals surface area contributed by atoms with Gasteiger partial charge in [-0.3, -0.25) is 4.79 Å². The van der Waals surface area contributed by atoms with Crippen LogP contribution in [0.15, 0.2) is 41.3 Å². The summed E-state index contributed by atoms with van der Waals surface area (Å²) in [5, 5.41) is 2.20. The van der Waals surface area contributed by atoms with E-state index in [0.29, 0.717) is 6.42 Å². The third-order valence-electron chi connectivity index (χ3n) is 3.64. The van der Waals surface area contributed by atoms with Gasteiger partial charge in [-0.25, -0.2) is 26.3 Å². The van der Waals surface area contributed by atoms with Crippen molar-refractivity contribution in [1.82, 2.24) is 4.72 Å². The SMILES string of the molecule is CC[C@@H](C)NS(=O)(=O)c1ccc(F)c(C(=O)Nc2ccc(F)c(F)c2)c1.[HH].[HH]. The van der Waals surface area contributed by atoms with Gasteiger partial charge in [-0.2, -0.15) is 0 Å². The predicted molar refractivity (Wildman–Crippen MR) is 95.0 cm³/mol. The summed E-state index contributed by atoms with van der Waals surface area (Å²) < 4.78 is 67.0. The zero-order valence-corrected chi connectivity index (χ0v) is 14.8. The minimum atomic E-state index is -3.94. The first-order chi connectivity index (χ1) is 12.1. The van der Waals surface area contributed by atoms with Crippen LogP contribution in [0.25, 0.3) is 0 Å². The van der Waals surface area contributed by atoms with E-state index in [2.05, 4.69) is 10.0 Å². The minimum Gasteiger partial charge on any atom is -0.322 e. The summed E-state index contributed by atoms with van der Waals surface area (Å²) in [5.74, 6) is -4.22. The number of amides is 1. The molecule has 0 spiro atoms. The summed E-state index contributed by atoms with van der Waals surface area (Å²) in [6, 6.07) is 5.06. The molecular formula is C17H21F3N2O3S. The van der Waals surface area contributed by atoms with Crippen molar-refractivity contribution in [1.29, 1.82) is 0 Å². The number of halogens is 3. The summed E-state index contributed by atoms with van der Waals surface area (Å²) in [6.07, 6.45) is 0.546. The van der Waals surface area contributed by atoms with Gasteiger partial charge in [0.05, 0.1) is 10.5 Å². The topological polar surface area (TPSA) is 75.3 Å². The van der Waals surface area contributed by atoms with E-state index < -0.39 is 38.9 Å². The first kappa shape index (κ1) is 19.9. The van der Waals surface area contributed by atoms with Gasteiger partial charge in [-0.15, -0.1) is 0 Å². The van der Waals surface area contributed by atoms with Gasteiger partial charge in [0.2, 0.25) is 10.0 Å². The first-order valence-electron chi connectivity index (χ1n) is 7.72. The lowest BCUT2D eigenvalue weighted by Crippen LogP contribution is -2.32. The van der Waals surface area contributed by atoms with Crippen molar-refractivity contribution in [2.45, 2.75) is 31.2 Å². The van der Waals surface area contributed by atoms with Crippen LogP contribution in [0.3, 0.4) is 0 Å². The molecule has 0 radical (unpaired) electrons. The number of carbonyl (C=O) groups excluding carboxylic acids is 1. The number of nitrogens with one attached hydrogen (secondary N) is 2. The first-order valence-corrected chi connectivity index (χ1v) is 9.20. The van der Waals surface area contributed by atoms with Gasteiger partial charge >= 0.3 is 0 Å². The van der Waals surface area contributed by atoms with E-state index in [1.807, 2.05) is 0 Å². The lowest BCUT2D eigenvalue weighted by molar-refractivity contribution is 0.102. The zero-order valence-electron chi connectivity index (χ0n) is 14.0. The molecule has 9 heteroatoms. The second-order valence-corrected chi connectivity index (χ2v) is 7.37. The third-order valence-corrected chi connectivity index (χ3v) is 5.23. The van der Waals surface area contributed by atoms with Crippen molar-refractivity contribution < 1.29 is 29.2 Å². The lowest BCUT2D eigenvalue weighted by atomic mass is 10.2. The van der Waals surface area contributed by atoms with Crippen LogP contribution in [0.5, 0.6) is 0 Å². The Kier molecular flexibility index (Phi) is 6.04. The maximum absolute atomic E-state index is 14.0. The van der Waals surface area contributed by atoms with Crippen molar-refractivity contribution >= 4 is 21.6 Å². The van der Waals surface area contributed by atoms with Gasteiger partial charge in [-0.05, 0) is 43.7 Å². The molecule has 0 aliphatic rings. The van der Waals surface area contributed by atoms with E-state index in [0.717, 1.165) is 36.4 Å². The molecule has 2 rings (SSSR count). The summed E-state index contributed by atoms with van der Waals surface area (Å²) >= 11 is 0. The fourth-order valence-electron chi connectivity index (χ4n) is 2.03. The van der Waals surface area contributed by atoms with Gasteiger partial charge in [-0.1, -0.05) is 6.92 Å². The minimum absolute atomic E-state index is 0. The van der Waals surface area contributed by atoms with Gasteiger partial charge in [0.25, 0.3) is 5.91 Å². The van der Waals surface area contributed by atoms with Gasteiger partial charge < -0.3 is 5.32 Å². The van der Waals surface area contributed by atoms with E-state index in [4.69, 9.17) is 0 Å². The molecule has 0 aliphatic carbocycles. The normalized spacial score (nSPS) is 12.7. The molecule has 0 unspecified atom stereocenters. The van der Waals surface area contributed by atoms with Crippen molar-refractivity contribution in [3.8, 4) is 0 Å². The molecule has 0 aromatic heterocycles. The Morgan fingerprint density at radius 2 is 1.73 bits per heavy atom. The number of benzene rings is 2. The molecule has 26 heavy (non-hydrogen) atoms. The quantitative estimate of drug-likeness (QED) is 0.785. The Labute approximate surface area is 152 Å². The Balaban J connectivity index is 0.00000364. The van der Waals surface area contributed by atoms with E-state index in [1.165, 1.54) is 0 Å². The largest absolute Gasteiger partial charge is 0.322 e. The van der Waals surface area contributed by atoms with Crippen LogP contribution in [-0.2, 0) is 10.0 Å². The molecule has 5 nitrogen and oxygen atoms in total. The van der Waals surface area contributed by atoms with E-state index in [9.17, 15) is 26.4 Å². The average molecular weight is 390 g/mol. The molecule has 0 fully saturated rings. The summed E-state index contributed by atoms with van der Waals surface area (Å²) in [4.78, 5) is 11.9. The fourth-order valence-corrected chi connectivity index (χ4v) is 3.39. The molecular weight excluding hydrogens is 369 g/mol. The summed E-state index contributed by atoms with van der Waals surface area (Å²) in [5.41, 5.74) is -0.638. The molecule has 2 aromatic rings. The molecule has 0 saturated carbocycles. The number of anilines is 1. The van der Waals surface area contributed by atoms with Crippen LogP contribution in [-0.4, -0.2) is 20.4 Å². The van der Waals surface area contributed by atoms with Crippen LogP contribution >= 0.6 is 0 Å². The van der Waals surface area contributed by atoms with Crippen molar-refractivity contribution in [3.63, 3.8) is 0 Å². The van der Waals surface area contributed by atoms with Gasteiger partial charge in [0.1, 0.15) is 5.82 Å². The molecule has 1 amide bonds. The number of hydrogen-bond acceptors (Lipinski definition) is 3. The Morgan fingerprint density at radius 3 is 2.35 bits per heavy atom. The molecule has 0 bridgehead atoms. The zero-order chi connectivity index (χ0) is 19.5. The monoisotopic (exact) mass is 390 g/mol. The Morgan fingerprint density at radius 1 is 1.08 bits per heavy atom. The molecule has 0 aliphatic heterocycles. The molecule has 0 saturated heterocycles. The molecule has 1 atom stereocenters.